The number of aryl methyl sites for hydroxylation is 1. The summed E-state index contributed by atoms with van der Waals surface area (Å²) < 4.78 is 7.13. The zero-order valence-corrected chi connectivity index (χ0v) is 12.0. The molecule has 1 heterocycles. The first-order valence-electron chi connectivity index (χ1n) is 6.07. The van der Waals surface area contributed by atoms with Crippen LogP contribution in [0, 0.1) is 6.92 Å². The molecule has 1 aromatic carbocycles. The second kappa shape index (κ2) is 5.92. The lowest BCUT2D eigenvalue weighted by Gasteiger charge is -2.15. The molecule has 0 radical (unpaired) electrons. The molecule has 0 aliphatic carbocycles. The summed E-state index contributed by atoms with van der Waals surface area (Å²) in [5, 5.41) is -0.558. The Bertz CT molecular complexity index is 707. The van der Waals surface area contributed by atoms with Crippen LogP contribution in [0.4, 0.5) is 0 Å². The van der Waals surface area contributed by atoms with Crippen molar-refractivity contribution in [2.45, 2.75) is 13.3 Å². The van der Waals surface area contributed by atoms with Crippen molar-refractivity contribution >= 4 is 16.8 Å². The molecule has 1 aromatic heterocycles. The molecule has 0 aliphatic heterocycles. The SMILES string of the molecule is COc1ccccc1-n1cc(CC(=O)Cl)c(=O)cc1C. The molecule has 2 aromatic rings. The normalized spacial score (nSPS) is 10.3. The predicted molar refractivity (Wildman–Crippen MR) is 77.9 cm³/mol. The van der Waals surface area contributed by atoms with Gasteiger partial charge in [0.05, 0.1) is 19.2 Å². The van der Waals surface area contributed by atoms with E-state index in [4.69, 9.17) is 16.3 Å². The fourth-order valence-electron chi connectivity index (χ4n) is 2.04. The van der Waals surface area contributed by atoms with Crippen molar-refractivity contribution in [3.63, 3.8) is 0 Å². The lowest BCUT2D eigenvalue weighted by atomic mass is 10.1. The van der Waals surface area contributed by atoms with Gasteiger partial charge < -0.3 is 9.30 Å². The highest BCUT2D eigenvalue weighted by atomic mass is 35.5. The van der Waals surface area contributed by atoms with Crippen LogP contribution in [0.25, 0.3) is 5.69 Å². The van der Waals surface area contributed by atoms with Gasteiger partial charge in [0, 0.05) is 23.5 Å². The van der Waals surface area contributed by atoms with Crippen molar-refractivity contribution in [1.29, 1.82) is 0 Å². The summed E-state index contributed by atoms with van der Waals surface area (Å²) in [6.07, 6.45) is 1.55. The quantitative estimate of drug-likeness (QED) is 0.813. The van der Waals surface area contributed by atoms with Crippen LogP contribution in [0.2, 0.25) is 0 Å². The van der Waals surface area contributed by atoms with Crippen LogP contribution >= 0.6 is 11.6 Å². The number of benzene rings is 1. The summed E-state index contributed by atoms with van der Waals surface area (Å²) in [5.74, 6) is 0.683. The summed E-state index contributed by atoms with van der Waals surface area (Å²) in [6.45, 7) is 1.82. The van der Waals surface area contributed by atoms with Gasteiger partial charge >= 0.3 is 0 Å². The second-order valence-electron chi connectivity index (χ2n) is 4.38. The Morgan fingerprint density at radius 2 is 2.05 bits per heavy atom. The molecule has 0 amide bonds. The summed E-state index contributed by atoms with van der Waals surface area (Å²) in [6, 6.07) is 8.94. The number of aromatic nitrogens is 1. The number of rotatable bonds is 4. The Morgan fingerprint density at radius 1 is 1.35 bits per heavy atom. The zero-order chi connectivity index (χ0) is 14.7. The maximum atomic E-state index is 11.9. The molecule has 0 atom stereocenters. The van der Waals surface area contributed by atoms with E-state index in [2.05, 4.69) is 0 Å². The van der Waals surface area contributed by atoms with Gasteiger partial charge in [0.25, 0.3) is 0 Å². The van der Waals surface area contributed by atoms with Gasteiger partial charge in [0.1, 0.15) is 5.75 Å². The van der Waals surface area contributed by atoms with E-state index in [1.807, 2.05) is 35.8 Å². The molecule has 0 unspecified atom stereocenters. The molecule has 104 valence electrons. The summed E-state index contributed by atoms with van der Waals surface area (Å²) in [5.41, 5.74) is 1.73. The number of para-hydroxylation sites is 2. The average molecular weight is 292 g/mol. The third-order valence-electron chi connectivity index (χ3n) is 3.00. The molecule has 0 saturated carbocycles. The largest absolute Gasteiger partial charge is 0.495 e. The third kappa shape index (κ3) is 2.91. The van der Waals surface area contributed by atoms with Crippen LogP contribution in [0.15, 0.2) is 41.3 Å². The number of hydrogen-bond acceptors (Lipinski definition) is 3. The van der Waals surface area contributed by atoms with E-state index in [1.54, 1.807) is 13.3 Å². The molecule has 0 aliphatic rings. The number of carbonyl (C=O) groups is 1. The fourth-order valence-corrected chi connectivity index (χ4v) is 2.19. The van der Waals surface area contributed by atoms with Gasteiger partial charge in [-0.2, -0.15) is 0 Å². The van der Waals surface area contributed by atoms with Crippen LogP contribution in [0.3, 0.4) is 0 Å². The predicted octanol–water partition coefficient (Wildman–Crippen LogP) is 2.46. The zero-order valence-electron chi connectivity index (χ0n) is 11.2. The van der Waals surface area contributed by atoms with E-state index in [1.165, 1.54) is 6.07 Å². The van der Waals surface area contributed by atoms with E-state index >= 15 is 0 Å². The Hall–Kier alpha value is -2.07. The number of ether oxygens (including phenoxy) is 1. The fraction of sp³-hybridized carbons (Fsp3) is 0.200. The van der Waals surface area contributed by atoms with Crippen molar-refractivity contribution in [3.8, 4) is 11.4 Å². The lowest BCUT2D eigenvalue weighted by molar-refractivity contribution is -0.111. The number of nitrogens with zero attached hydrogens (tertiary/aromatic N) is 1. The van der Waals surface area contributed by atoms with Crippen molar-refractivity contribution in [3.05, 3.63) is 58.0 Å². The van der Waals surface area contributed by atoms with E-state index < -0.39 is 5.24 Å². The van der Waals surface area contributed by atoms with Gasteiger partial charge in [0.2, 0.25) is 5.24 Å². The second-order valence-corrected chi connectivity index (χ2v) is 4.80. The van der Waals surface area contributed by atoms with Gasteiger partial charge in [-0.05, 0) is 30.7 Å². The van der Waals surface area contributed by atoms with Gasteiger partial charge in [-0.3, -0.25) is 9.59 Å². The molecule has 0 spiro atoms. The average Bonchev–Trinajstić information content (AvgIpc) is 2.41. The maximum Gasteiger partial charge on any atom is 0.226 e. The molecule has 2 rings (SSSR count). The number of carbonyl (C=O) groups excluding carboxylic acids is 1. The van der Waals surface area contributed by atoms with E-state index in [-0.39, 0.29) is 11.8 Å². The minimum absolute atomic E-state index is 0.0875. The summed E-state index contributed by atoms with van der Waals surface area (Å²) in [4.78, 5) is 22.9. The number of hydrogen-bond donors (Lipinski definition) is 0. The molecule has 20 heavy (non-hydrogen) atoms. The van der Waals surface area contributed by atoms with Crippen molar-refractivity contribution in [2.24, 2.45) is 0 Å². The van der Waals surface area contributed by atoms with Crippen LogP contribution in [-0.4, -0.2) is 16.9 Å². The van der Waals surface area contributed by atoms with E-state index in [0.717, 1.165) is 11.4 Å². The molecular weight excluding hydrogens is 278 g/mol. The minimum atomic E-state index is -0.558. The van der Waals surface area contributed by atoms with Crippen molar-refractivity contribution < 1.29 is 9.53 Å². The maximum absolute atomic E-state index is 11.9. The van der Waals surface area contributed by atoms with Gasteiger partial charge in [-0.25, -0.2) is 0 Å². The topological polar surface area (TPSA) is 48.3 Å². The standard InChI is InChI=1S/C15H14ClNO3/c1-10-7-13(18)11(8-15(16)19)9-17(10)12-5-3-4-6-14(12)20-2/h3-7,9H,8H2,1-2H3. The highest BCUT2D eigenvalue weighted by Gasteiger charge is 2.11. The molecule has 0 N–H and O–H groups in total. The third-order valence-corrected chi connectivity index (χ3v) is 3.13. The molecule has 0 fully saturated rings. The van der Waals surface area contributed by atoms with E-state index in [9.17, 15) is 9.59 Å². The Kier molecular flexibility index (Phi) is 4.25. The summed E-state index contributed by atoms with van der Waals surface area (Å²) >= 11 is 5.37. The molecule has 0 bridgehead atoms. The van der Waals surface area contributed by atoms with Crippen LogP contribution in [0.1, 0.15) is 11.3 Å². The molecule has 4 nitrogen and oxygen atoms in total. The Balaban J connectivity index is 2.62. The highest BCUT2D eigenvalue weighted by Crippen LogP contribution is 2.23. The first-order chi connectivity index (χ1) is 9.52. The van der Waals surface area contributed by atoms with Crippen molar-refractivity contribution in [1.82, 2.24) is 4.57 Å². The minimum Gasteiger partial charge on any atom is -0.495 e. The van der Waals surface area contributed by atoms with Crippen LogP contribution < -0.4 is 10.2 Å². The van der Waals surface area contributed by atoms with Crippen molar-refractivity contribution in [2.75, 3.05) is 7.11 Å². The Morgan fingerprint density at radius 3 is 2.70 bits per heavy atom. The first kappa shape index (κ1) is 14.3. The summed E-state index contributed by atoms with van der Waals surface area (Å²) in [7, 11) is 1.58. The molecule has 5 heteroatoms. The monoisotopic (exact) mass is 291 g/mol. The van der Waals surface area contributed by atoms with Gasteiger partial charge in [0.15, 0.2) is 5.43 Å². The molecular formula is C15H14ClNO3. The number of pyridine rings is 1. The Labute approximate surface area is 121 Å². The first-order valence-corrected chi connectivity index (χ1v) is 6.44. The lowest BCUT2D eigenvalue weighted by Crippen LogP contribution is -2.16. The smallest absolute Gasteiger partial charge is 0.226 e. The van der Waals surface area contributed by atoms with Gasteiger partial charge in [-0.15, -0.1) is 0 Å². The highest BCUT2D eigenvalue weighted by molar-refractivity contribution is 6.63. The van der Waals surface area contributed by atoms with E-state index in [0.29, 0.717) is 11.3 Å². The number of halogens is 1. The molecule has 0 saturated heterocycles. The van der Waals surface area contributed by atoms with Crippen LogP contribution in [0.5, 0.6) is 5.75 Å². The van der Waals surface area contributed by atoms with Gasteiger partial charge in [-0.1, -0.05) is 12.1 Å². The number of methoxy groups -OCH3 is 1. The van der Waals surface area contributed by atoms with Crippen LogP contribution in [-0.2, 0) is 11.2 Å².